The van der Waals surface area contributed by atoms with E-state index in [2.05, 4.69) is 46.5 Å². The number of aromatic nitrogens is 2. The molecule has 1 aliphatic carbocycles. The number of nitrogens with zero attached hydrogens (tertiary/aromatic N) is 2. The van der Waals surface area contributed by atoms with E-state index >= 15 is 0 Å². The SMILES string of the molecule is CCc1ccc(NC2CC2c2ccncn2)cc1. The molecule has 3 heteroatoms. The molecule has 0 aliphatic heterocycles. The first-order valence-electron chi connectivity index (χ1n) is 6.48. The molecule has 0 amide bonds. The molecular formula is C15H17N3. The maximum Gasteiger partial charge on any atom is 0.115 e. The molecule has 3 rings (SSSR count). The monoisotopic (exact) mass is 239 g/mol. The molecule has 1 aliphatic rings. The van der Waals surface area contributed by atoms with E-state index in [9.17, 15) is 0 Å². The van der Waals surface area contributed by atoms with E-state index in [0.29, 0.717) is 12.0 Å². The summed E-state index contributed by atoms with van der Waals surface area (Å²) in [6.45, 7) is 2.18. The number of rotatable bonds is 4. The first kappa shape index (κ1) is 11.2. The molecule has 1 aromatic carbocycles. The summed E-state index contributed by atoms with van der Waals surface area (Å²) in [6, 6.07) is 11.2. The van der Waals surface area contributed by atoms with Crippen LogP contribution in [0.2, 0.25) is 0 Å². The van der Waals surface area contributed by atoms with E-state index in [1.54, 1.807) is 6.33 Å². The van der Waals surface area contributed by atoms with Gasteiger partial charge in [-0.15, -0.1) is 0 Å². The fourth-order valence-corrected chi connectivity index (χ4v) is 2.25. The third-order valence-corrected chi connectivity index (χ3v) is 3.49. The lowest BCUT2D eigenvalue weighted by Crippen LogP contribution is -2.04. The van der Waals surface area contributed by atoms with Crippen molar-refractivity contribution < 1.29 is 0 Å². The quantitative estimate of drug-likeness (QED) is 0.891. The van der Waals surface area contributed by atoms with Gasteiger partial charge in [0.05, 0.1) is 0 Å². The largest absolute Gasteiger partial charge is 0.382 e. The van der Waals surface area contributed by atoms with Crippen molar-refractivity contribution in [2.75, 3.05) is 5.32 Å². The Morgan fingerprint density at radius 2 is 2.06 bits per heavy atom. The Morgan fingerprint density at radius 1 is 1.22 bits per heavy atom. The zero-order valence-corrected chi connectivity index (χ0v) is 10.5. The molecular weight excluding hydrogens is 222 g/mol. The standard InChI is InChI=1S/C15H17N3/c1-2-11-3-5-12(6-4-11)18-15-9-13(15)14-7-8-16-10-17-14/h3-8,10,13,15,18H,2,9H2,1H3. The number of nitrogens with one attached hydrogen (secondary N) is 1. The van der Waals surface area contributed by atoms with Crippen LogP contribution in [0.3, 0.4) is 0 Å². The normalized spacial score (nSPS) is 21.6. The summed E-state index contributed by atoms with van der Waals surface area (Å²) < 4.78 is 0. The lowest BCUT2D eigenvalue weighted by molar-refractivity contribution is 0.955. The van der Waals surface area contributed by atoms with E-state index in [-0.39, 0.29) is 0 Å². The summed E-state index contributed by atoms with van der Waals surface area (Å²) in [5, 5.41) is 3.56. The molecule has 1 saturated carbocycles. The van der Waals surface area contributed by atoms with Crippen molar-refractivity contribution in [3.63, 3.8) is 0 Å². The van der Waals surface area contributed by atoms with Gasteiger partial charge >= 0.3 is 0 Å². The first-order chi connectivity index (χ1) is 8.86. The Hall–Kier alpha value is -1.90. The molecule has 2 atom stereocenters. The molecule has 1 heterocycles. The maximum absolute atomic E-state index is 4.31. The molecule has 3 nitrogen and oxygen atoms in total. The van der Waals surface area contributed by atoms with E-state index in [4.69, 9.17) is 0 Å². The van der Waals surface area contributed by atoms with Crippen molar-refractivity contribution in [2.45, 2.75) is 31.7 Å². The minimum Gasteiger partial charge on any atom is -0.382 e. The maximum atomic E-state index is 4.31. The molecule has 1 fully saturated rings. The smallest absolute Gasteiger partial charge is 0.115 e. The predicted octanol–water partition coefficient (Wildman–Crippen LogP) is 3.01. The van der Waals surface area contributed by atoms with Crippen molar-refractivity contribution in [1.29, 1.82) is 0 Å². The van der Waals surface area contributed by atoms with Crippen molar-refractivity contribution in [3.8, 4) is 0 Å². The van der Waals surface area contributed by atoms with E-state index in [1.165, 1.54) is 11.3 Å². The minimum absolute atomic E-state index is 0.521. The molecule has 92 valence electrons. The van der Waals surface area contributed by atoms with Gasteiger partial charge in [0.1, 0.15) is 6.33 Å². The number of aryl methyl sites for hydroxylation is 1. The first-order valence-corrected chi connectivity index (χ1v) is 6.48. The Balaban J connectivity index is 1.62. The van der Waals surface area contributed by atoms with Crippen LogP contribution in [0.15, 0.2) is 42.9 Å². The molecule has 1 N–H and O–H groups in total. The molecule has 1 aromatic heterocycles. The highest BCUT2D eigenvalue weighted by Gasteiger charge is 2.39. The highest BCUT2D eigenvalue weighted by molar-refractivity contribution is 5.48. The highest BCUT2D eigenvalue weighted by atomic mass is 15.0. The third kappa shape index (κ3) is 2.35. The highest BCUT2D eigenvalue weighted by Crippen LogP contribution is 2.41. The van der Waals surface area contributed by atoms with Gasteiger partial charge in [-0.05, 0) is 36.6 Å². The lowest BCUT2D eigenvalue weighted by atomic mass is 10.1. The third-order valence-electron chi connectivity index (χ3n) is 3.49. The van der Waals surface area contributed by atoms with E-state index in [1.807, 2.05) is 12.3 Å². The molecule has 0 radical (unpaired) electrons. The van der Waals surface area contributed by atoms with Crippen LogP contribution in [-0.4, -0.2) is 16.0 Å². The van der Waals surface area contributed by atoms with Crippen LogP contribution in [0.1, 0.15) is 30.5 Å². The second-order valence-electron chi connectivity index (χ2n) is 4.78. The Kier molecular flexibility index (Phi) is 2.97. The van der Waals surface area contributed by atoms with Gasteiger partial charge in [0.2, 0.25) is 0 Å². The minimum atomic E-state index is 0.521. The summed E-state index contributed by atoms with van der Waals surface area (Å²) in [4.78, 5) is 8.26. The number of hydrogen-bond donors (Lipinski definition) is 1. The second-order valence-corrected chi connectivity index (χ2v) is 4.78. The van der Waals surface area contributed by atoms with Crippen LogP contribution in [-0.2, 0) is 6.42 Å². The number of benzene rings is 1. The summed E-state index contributed by atoms with van der Waals surface area (Å²) in [7, 11) is 0. The van der Waals surface area contributed by atoms with Crippen molar-refractivity contribution in [2.24, 2.45) is 0 Å². The fraction of sp³-hybridized carbons (Fsp3) is 0.333. The molecule has 18 heavy (non-hydrogen) atoms. The van der Waals surface area contributed by atoms with Gasteiger partial charge in [0.15, 0.2) is 0 Å². The van der Waals surface area contributed by atoms with Gasteiger partial charge in [0, 0.05) is 29.5 Å². The molecule has 0 spiro atoms. The van der Waals surface area contributed by atoms with Crippen molar-refractivity contribution in [3.05, 3.63) is 54.1 Å². The van der Waals surface area contributed by atoms with E-state index < -0.39 is 0 Å². The van der Waals surface area contributed by atoms with Gasteiger partial charge in [-0.25, -0.2) is 9.97 Å². The summed E-state index contributed by atoms with van der Waals surface area (Å²) in [5.74, 6) is 0.541. The molecule has 2 aromatic rings. The van der Waals surface area contributed by atoms with Crippen LogP contribution in [0.25, 0.3) is 0 Å². The van der Waals surface area contributed by atoms with Gasteiger partial charge in [-0.3, -0.25) is 0 Å². The van der Waals surface area contributed by atoms with Crippen LogP contribution >= 0.6 is 0 Å². The average molecular weight is 239 g/mol. The zero-order valence-electron chi connectivity index (χ0n) is 10.5. The summed E-state index contributed by atoms with van der Waals surface area (Å²) >= 11 is 0. The second kappa shape index (κ2) is 4.77. The van der Waals surface area contributed by atoms with Crippen molar-refractivity contribution in [1.82, 2.24) is 9.97 Å². The van der Waals surface area contributed by atoms with E-state index in [0.717, 1.165) is 18.5 Å². The van der Waals surface area contributed by atoms with Crippen molar-refractivity contribution >= 4 is 5.69 Å². The lowest BCUT2D eigenvalue weighted by Gasteiger charge is -2.06. The van der Waals surface area contributed by atoms with Gasteiger partial charge < -0.3 is 5.32 Å². The number of anilines is 1. The number of hydrogen-bond acceptors (Lipinski definition) is 3. The van der Waals surface area contributed by atoms with Gasteiger partial charge in [-0.2, -0.15) is 0 Å². The summed E-state index contributed by atoms with van der Waals surface area (Å²) in [6.07, 6.45) is 5.69. The molecule has 0 saturated heterocycles. The Bertz CT molecular complexity index is 507. The average Bonchev–Trinajstić information content (AvgIpc) is 3.20. The predicted molar refractivity (Wildman–Crippen MR) is 72.6 cm³/mol. The molecule has 0 bridgehead atoms. The Morgan fingerprint density at radius 3 is 2.72 bits per heavy atom. The van der Waals surface area contributed by atoms with Gasteiger partial charge in [0.25, 0.3) is 0 Å². The van der Waals surface area contributed by atoms with Crippen LogP contribution < -0.4 is 5.32 Å². The topological polar surface area (TPSA) is 37.8 Å². The fourth-order valence-electron chi connectivity index (χ4n) is 2.25. The van der Waals surface area contributed by atoms with Crippen LogP contribution in [0.5, 0.6) is 0 Å². The molecule has 2 unspecified atom stereocenters. The Labute approximate surface area is 107 Å². The van der Waals surface area contributed by atoms with Crippen LogP contribution in [0, 0.1) is 0 Å². The summed E-state index contributed by atoms with van der Waals surface area (Å²) in [5.41, 5.74) is 3.73. The van der Waals surface area contributed by atoms with Gasteiger partial charge in [-0.1, -0.05) is 19.1 Å². The zero-order chi connectivity index (χ0) is 12.4. The van der Waals surface area contributed by atoms with Crippen LogP contribution in [0.4, 0.5) is 5.69 Å².